The number of rotatable bonds is 7. The fraction of sp³-hybridized carbons (Fsp3) is 0.333. The summed E-state index contributed by atoms with van der Waals surface area (Å²) in [7, 11) is 1.85. The minimum absolute atomic E-state index is 0.0310. The highest BCUT2D eigenvalue weighted by molar-refractivity contribution is 7.99. The molecule has 9 heteroatoms. The van der Waals surface area contributed by atoms with Crippen molar-refractivity contribution in [1.82, 2.24) is 24.6 Å². The van der Waals surface area contributed by atoms with Gasteiger partial charge in [0.1, 0.15) is 11.3 Å². The molecule has 1 aliphatic heterocycles. The molecule has 0 unspecified atom stereocenters. The predicted molar refractivity (Wildman–Crippen MR) is 147 cm³/mol. The van der Waals surface area contributed by atoms with Gasteiger partial charge in [-0.25, -0.2) is 14.6 Å². The first-order valence-electron chi connectivity index (χ1n) is 12.2. The first-order chi connectivity index (χ1) is 17.5. The average molecular weight is 502 g/mol. The highest BCUT2D eigenvalue weighted by atomic mass is 32.2. The third kappa shape index (κ3) is 5.52. The quantitative estimate of drug-likeness (QED) is 0.381. The summed E-state index contributed by atoms with van der Waals surface area (Å²) in [6, 6.07) is 13.9. The molecule has 0 saturated carbocycles. The smallest absolute Gasteiger partial charge is 0.255 e. The van der Waals surface area contributed by atoms with Crippen LogP contribution < -0.4 is 10.6 Å². The number of nitrogens with one attached hydrogen (secondary N) is 2. The number of hydrogen-bond acceptors (Lipinski definition) is 7. The van der Waals surface area contributed by atoms with E-state index in [9.17, 15) is 4.79 Å². The van der Waals surface area contributed by atoms with Crippen LogP contribution in [0.25, 0.3) is 11.2 Å². The molecule has 1 aliphatic rings. The first-order valence-corrected chi connectivity index (χ1v) is 13.3. The van der Waals surface area contributed by atoms with Crippen molar-refractivity contribution in [3.63, 3.8) is 0 Å². The van der Waals surface area contributed by atoms with Crippen LogP contribution in [0.2, 0.25) is 0 Å². The third-order valence-corrected chi connectivity index (χ3v) is 7.49. The molecule has 4 aromatic rings. The van der Waals surface area contributed by atoms with Gasteiger partial charge in [0.2, 0.25) is 0 Å². The Balaban J connectivity index is 1.24. The van der Waals surface area contributed by atoms with Crippen molar-refractivity contribution >= 4 is 40.3 Å². The second-order valence-corrected chi connectivity index (χ2v) is 10.4. The number of benzene rings is 2. The van der Waals surface area contributed by atoms with Gasteiger partial charge in [-0.3, -0.25) is 9.69 Å². The van der Waals surface area contributed by atoms with Crippen LogP contribution in [0.1, 0.15) is 40.0 Å². The van der Waals surface area contributed by atoms with Crippen LogP contribution in [-0.4, -0.2) is 55.2 Å². The molecule has 0 aliphatic carbocycles. The van der Waals surface area contributed by atoms with Gasteiger partial charge in [0, 0.05) is 49.4 Å². The van der Waals surface area contributed by atoms with E-state index in [4.69, 9.17) is 0 Å². The first kappa shape index (κ1) is 24.3. The van der Waals surface area contributed by atoms with Gasteiger partial charge in [-0.15, -0.1) is 0 Å². The maximum atomic E-state index is 13.0. The summed E-state index contributed by atoms with van der Waals surface area (Å²) in [4.78, 5) is 24.5. The van der Waals surface area contributed by atoms with Crippen LogP contribution in [-0.2, 0) is 13.6 Å². The number of hydrogen-bond donors (Lipinski definition) is 2. The molecule has 3 heterocycles. The average Bonchev–Trinajstić information content (AvgIpc) is 3.26. The van der Waals surface area contributed by atoms with Gasteiger partial charge < -0.3 is 10.6 Å². The van der Waals surface area contributed by atoms with Gasteiger partial charge >= 0.3 is 0 Å². The molecule has 8 nitrogen and oxygen atoms in total. The molecular weight excluding hydrogens is 470 g/mol. The Morgan fingerprint density at radius 3 is 2.78 bits per heavy atom. The van der Waals surface area contributed by atoms with E-state index in [1.807, 2.05) is 55.2 Å². The van der Waals surface area contributed by atoms with E-state index in [1.54, 1.807) is 17.1 Å². The highest BCUT2D eigenvalue weighted by Crippen LogP contribution is 2.23. The van der Waals surface area contributed by atoms with E-state index < -0.39 is 0 Å². The van der Waals surface area contributed by atoms with Gasteiger partial charge in [0.25, 0.3) is 5.91 Å². The molecule has 186 valence electrons. The lowest BCUT2D eigenvalue weighted by Gasteiger charge is -2.26. The Morgan fingerprint density at radius 1 is 1.14 bits per heavy atom. The summed E-state index contributed by atoms with van der Waals surface area (Å²) >= 11 is 2.02. The summed E-state index contributed by atoms with van der Waals surface area (Å²) in [5.41, 5.74) is 6.38. The van der Waals surface area contributed by atoms with Crippen LogP contribution >= 0.6 is 11.8 Å². The Morgan fingerprint density at radius 2 is 1.97 bits per heavy atom. The van der Waals surface area contributed by atoms with Crippen molar-refractivity contribution in [2.24, 2.45) is 7.05 Å². The summed E-state index contributed by atoms with van der Waals surface area (Å²) < 4.78 is 1.70. The molecule has 0 bridgehead atoms. The Bertz CT molecular complexity index is 1380. The molecule has 1 atom stereocenters. The Hall–Kier alpha value is -3.43. The second-order valence-electron chi connectivity index (χ2n) is 9.21. The van der Waals surface area contributed by atoms with Crippen molar-refractivity contribution < 1.29 is 4.79 Å². The number of aromatic nitrogens is 4. The minimum atomic E-state index is -0.107. The largest absolute Gasteiger partial charge is 0.362 e. The zero-order chi connectivity index (χ0) is 25.1. The monoisotopic (exact) mass is 501 g/mol. The number of carbonyl (C=O) groups is 1. The van der Waals surface area contributed by atoms with E-state index in [-0.39, 0.29) is 11.9 Å². The molecule has 36 heavy (non-hydrogen) atoms. The van der Waals surface area contributed by atoms with Crippen LogP contribution in [0, 0.1) is 6.92 Å². The zero-order valence-corrected chi connectivity index (χ0v) is 21.7. The van der Waals surface area contributed by atoms with Gasteiger partial charge in [-0.05, 0) is 54.8 Å². The lowest BCUT2D eigenvalue weighted by Crippen LogP contribution is -2.32. The van der Waals surface area contributed by atoms with Gasteiger partial charge in [0.05, 0.1) is 18.4 Å². The minimum Gasteiger partial charge on any atom is -0.362 e. The van der Waals surface area contributed by atoms with Gasteiger partial charge in [-0.1, -0.05) is 18.2 Å². The van der Waals surface area contributed by atoms with E-state index >= 15 is 0 Å². The SMILES string of the molecule is Cc1cc(C(=O)Nc2cccc([C@H](C)Nc3cnc4cnn(C)c4n3)c2)ccc1CN1CCSCC1. The molecule has 2 aromatic heterocycles. The standard InChI is InChI=1S/C27H31N7OS/c1-18-13-21(7-8-22(18)17-34-9-11-36-12-10-34)27(35)31-23-6-4-5-20(14-23)19(2)30-25-16-28-24-15-29-33(3)26(24)32-25/h4-8,13-16,19H,9-12,17H2,1-3H3,(H,30,32)(H,31,35)/t19-/m0/s1. The maximum absolute atomic E-state index is 13.0. The molecule has 1 amide bonds. The lowest BCUT2D eigenvalue weighted by molar-refractivity contribution is 0.102. The molecule has 1 saturated heterocycles. The van der Waals surface area contributed by atoms with Crippen molar-refractivity contribution in [3.8, 4) is 0 Å². The summed E-state index contributed by atoms with van der Waals surface area (Å²) in [5.74, 6) is 2.95. The number of nitrogens with zero attached hydrogens (tertiary/aromatic N) is 5. The van der Waals surface area contributed by atoms with E-state index in [0.717, 1.165) is 47.6 Å². The number of amides is 1. The molecule has 0 spiro atoms. The summed E-state index contributed by atoms with van der Waals surface area (Å²) in [6.45, 7) is 7.34. The van der Waals surface area contributed by atoms with Crippen LogP contribution in [0.5, 0.6) is 0 Å². The fourth-order valence-corrected chi connectivity index (χ4v) is 5.37. The number of thioether (sulfide) groups is 1. The zero-order valence-electron chi connectivity index (χ0n) is 20.9. The second kappa shape index (κ2) is 10.7. The van der Waals surface area contributed by atoms with Crippen LogP contribution in [0.4, 0.5) is 11.5 Å². The van der Waals surface area contributed by atoms with E-state index in [0.29, 0.717) is 11.4 Å². The van der Waals surface area contributed by atoms with Crippen molar-refractivity contribution in [1.29, 1.82) is 0 Å². The molecule has 2 aromatic carbocycles. The number of carbonyl (C=O) groups excluding carboxylic acids is 1. The lowest BCUT2D eigenvalue weighted by atomic mass is 10.0. The highest BCUT2D eigenvalue weighted by Gasteiger charge is 2.15. The van der Waals surface area contributed by atoms with Crippen molar-refractivity contribution in [2.75, 3.05) is 35.2 Å². The summed E-state index contributed by atoms with van der Waals surface area (Å²) in [5, 5.41) is 10.6. The maximum Gasteiger partial charge on any atom is 0.255 e. The molecular formula is C27H31N7OS. The molecule has 0 radical (unpaired) electrons. The normalized spacial score (nSPS) is 15.1. The number of fused-ring (bicyclic) bond motifs is 1. The van der Waals surface area contributed by atoms with Crippen molar-refractivity contribution in [3.05, 3.63) is 77.1 Å². The topological polar surface area (TPSA) is 88.0 Å². The van der Waals surface area contributed by atoms with Crippen molar-refractivity contribution in [2.45, 2.75) is 26.4 Å². The van der Waals surface area contributed by atoms with Gasteiger partial charge in [-0.2, -0.15) is 16.9 Å². The van der Waals surface area contributed by atoms with Gasteiger partial charge in [0.15, 0.2) is 5.65 Å². The van der Waals surface area contributed by atoms with Crippen LogP contribution in [0.3, 0.4) is 0 Å². The fourth-order valence-electron chi connectivity index (χ4n) is 4.39. The molecule has 1 fully saturated rings. The summed E-state index contributed by atoms with van der Waals surface area (Å²) in [6.07, 6.45) is 3.41. The Kier molecular flexibility index (Phi) is 7.20. The molecule has 2 N–H and O–H groups in total. The number of anilines is 2. The third-order valence-electron chi connectivity index (χ3n) is 6.55. The Labute approximate surface area is 215 Å². The van der Waals surface area contributed by atoms with E-state index in [2.05, 4.69) is 50.5 Å². The number of aryl methyl sites for hydroxylation is 2. The predicted octanol–water partition coefficient (Wildman–Crippen LogP) is 4.65. The van der Waals surface area contributed by atoms with E-state index in [1.165, 1.54) is 17.1 Å². The van der Waals surface area contributed by atoms with Crippen LogP contribution in [0.15, 0.2) is 54.9 Å². The molecule has 5 rings (SSSR count).